The molecular weight excluding hydrogens is 382 g/mol. The Bertz CT molecular complexity index is 1100. The van der Waals surface area contributed by atoms with E-state index in [-0.39, 0.29) is 26.5 Å². The molecule has 0 saturated heterocycles. The predicted octanol–water partition coefficient (Wildman–Crippen LogP) is 2.14. The number of carbonyl (C=O) groups is 3. The largest absolute Gasteiger partial charge is 0.452 e. The molecule has 2 aromatic carbocycles. The first kappa shape index (κ1) is 19.8. The van der Waals surface area contributed by atoms with Crippen LogP contribution in [0.4, 0.5) is 0 Å². The maximum Gasteiger partial charge on any atom is 0.338 e. The predicted molar refractivity (Wildman–Crippen MR) is 99.9 cm³/mol. The monoisotopic (exact) mass is 401 g/mol. The molecule has 0 unspecified atom stereocenters. The molecule has 2 aromatic rings. The zero-order chi connectivity index (χ0) is 20.7. The van der Waals surface area contributed by atoms with Crippen LogP contribution in [0.1, 0.15) is 47.1 Å². The quantitative estimate of drug-likeness (QED) is 0.674. The summed E-state index contributed by atoms with van der Waals surface area (Å²) >= 11 is 0. The van der Waals surface area contributed by atoms with E-state index in [9.17, 15) is 22.8 Å². The summed E-state index contributed by atoms with van der Waals surface area (Å²) in [6, 6.07) is 9.64. The molecule has 0 atom stereocenters. The number of sulfone groups is 1. The number of esters is 1. The van der Waals surface area contributed by atoms with Gasteiger partial charge in [0.2, 0.25) is 9.84 Å². The Kier molecular flexibility index (Phi) is 4.84. The van der Waals surface area contributed by atoms with Gasteiger partial charge in [-0.3, -0.25) is 9.59 Å². The van der Waals surface area contributed by atoms with Crippen LogP contribution in [0.15, 0.2) is 52.3 Å². The summed E-state index contributed by atoms with van der Waals surface area (Å²) in [5, 5.41) is 2.65. The molecule has 1 N–H and O–H groups in total. The Balaban J connectivity index is 1.88. The number of benzene rings is 2. The van der Waals surface area contributed by atoms with Crippen LogP contribution < -0.4 is 5.32 Å². The molecule has 0 radical (unpaired) electrons. The first-order valence-corrected chi connectivity index (χ1v) is 10.00. The molecule has 28 heavy (non-hydrogen) atoms. The van der Waals surface area contributed by atoms with Crippen molar-refractivity contribution in [1.82, 2.24) is 5.32 Å². The van der Waals surface area contributed by atoms with Crippen molar-refractivity contribution in [2.24, 2.45) is 0 Å². The van der Waals surface area contributed by atoms with Crippen molar-refractivity contribution in [3.63, 3.8) is 0 Å². The van der Waals surface area contributed by atoms with Gasteiger partial charge >= 0.3 is 5.97 Å². The number of nitrogens with one attached hydrogen (secondary N) is 1. The zero-order valence-corrected chi connectivity index (χ0v) is 16.4. The van der Waals surface area contributed by atoms with Crippen molar-refractivity contribution >= 4 is 27.5 Å². The maximum absolute atomic E-state index is 12.9. The second kappa shape index (κ2) is 6.87. The van der Waals surface area contributed by atoms with Crippen molar-refractivity contribution in [2.75, 3.05) is 6.61 Å². The van der Waals surface area contributed by atoms with Crippen molar-refractivity contribution < 1.29 is 27.5 Å². The summed E-state index contributed by atoms with van der Waals surface area (Å²) in [5.41, 5.74) is -0.431. The lowest BCUT2D eigenvalue weighted by Crippen LogP contribution is -2.42. The highest BCUT2D eigenvalue weighted by Gasteiger charge is 2.35. The molecule has 1 aliphatic rings. The molecule has 0 fully saturated rings. The third-order valence-corrected chi connectivity index (χ3v) is 5.87. The molecule has 7 nitrogen and oxygen atoms in total. The van der Waals surface area contributed by atoms with Crippen LogP contribution in [0.3, 0.4) is 0 Å². The fourth-order valence-electron chi connectivity index (χ4n) is 2.88. The Morgan fingerprint density at radius 2 is 1.64 bits per heavy atom. The highest BCUT2D eigenvalue weighted by Crippen LogP contribution is 2.34. The third kappa shape index (κ3) is 3.68. The average molecular weight is 401 g/mol. The second-order valence-electron chi connectivity index (χ2n) is 7.41. The van der Waals surface area contributed by atoms with Gasteiger partial charge in [-0.1, -0.05) is 12.1 Å². The van der Waals surface area contributed by atoms with Crippen LogP contribution in [0.5, 0.6) is 0 Å². The van der Waals surface area contributed by atoms with E-state index in [1.807, 2.05) is 0 Å². The summed E-state index contributed by atoms with van der Waals surface area (Å²) in [6.07, 6.45) is 0. The van der Waals surface area contributed by atoms with Gasteiger partial charge in [0.1, 0.15) is 0 Å². The van der Waals surface area contributed by atoms with Gasteiger partial charge in [0.25, 0.3) is 5.91 Å². The van der Waals surface area contributed by atoms with Gasteiger partial charge in [-0.05, 0) is 51.1 Å². The average Bonchev–Trinajstić information content (AvgIpc) is 2.63. The van der Waals surface area contributed by atoms with Gasteiger partial charge in [-0.25, -0.2) is 13.2 Å². The molecule has 1 heterocycles. The van der Waals surface area contributed by atoms with Gasteiger partial charge < -0.3 is 10.1 Å². The van der Waals surface area contributed by atoms with E-state index in [0.717, 1.165) is 6.07 Å². The summed E-state index contributed by atoms with van der Waals surface area (Å²) in [4.78, 5) is 36.3. The summed E-state index contributed by atoms with van der Waals surface area (Å²) in [5.74, 6) is -1.76. The van der Waals surface area contributed by atoms with Crippen LogP contribution in [-0.4, -0.2) is 38.2 Å². The lowest BCUT2D eigenvalue weighted by atomic mass is 10.0. The van der Waals surface area contributed by atoms with Gasteiger partial charge in [-0.15, -0.1) is 0 Å². The molecule has 0 spiro atoms. The summed E-state index contributed by atoms with van der Waals surface area (Å²) in [6.45, 7) is 4.86. The lowest BCUT2D eigenvalue weighted by Gasteiger charge is -2.20. The van der Waals surface area contributed by atoms with Gasteiger partial charge in [0, 0.05) is 16.7 Å². The highest BCUT2D eigenvalue weighted by atomic mass is 32.2. The third-order valence-electron chi connectivity index (χ3n) is 4.02. The van der Waals surface area contributed by atoms with Crippen molar-refractivity contribution in [1.29, 1.82) is 0 Å². The Morgan fingerprint density at radius 3 is 2.32 bits per heavy atom. The van der Waals surface area contributed by atoms with Gasteiger partial charge in [0.05, 0.1) is 15.4 Å². The fourth-order valence-corrected chi connectivity index (χ4v) is 4.56. The number of rotatable bonds is 3. The molecule has 3 rings (SSSR count). The minimum atomic E-state index is -3.95. The van der Waals surface area contributed by atoms with E-state index in [1.54, 1.807) is 26.8 Å². The van der Waals surface area contributed by atoms with E-state index < -0.39 is 39.6 Å². The summed E-state index contributed by atoms with van der Waals surface area (Å²) in [7, 11) is -3.95. The van der Waals surface area contributed by atoms with E-state index in [2.05, 4.69) is 5.32 Å². The smallest absolute Gasteiger partial charge is 0.338 e. The van der Waals surface area contributed by atoms with E-state index >= 15 is 0 Å². The highest BCUT2D eigenvalue weighted by molar-refractivity contribution is 7.91. The SMILES string of the molecule is CC(C)(C)NC(=O)COC(=O)c1ccc2c(c1)S(=O)(=O)c1ccccc1C2=O. The number of ether oxygens (including phenoxy) is 1. The number of amides is 1. The van der Waals surface area contributed by atoms with Crippen LogP contribution >= 0.6 is 0 Å². The Labute approximate surface area is 162 Å². The minimum Gasteiger partial charge on any atom is -0.452 e. The second-order valence-corrected chi connectivity index (χ2v) is 9.30. The molecule has 0 saturated carbocycles. The lowest BCUT2D eigenvalue weighted by molar-refractivity contribution is -0.125. The summed E-state index contributed by atoms with van der Waals surface area (Å²) < 4.78 is 30.7. The fraction of sp³-hybridized carbons (Fsp3) is 0.250. The molecule has 146 valence electrons. The van der Waals surface area contributed by atoms with Crippen LogP contribution in [0, 0.1) is 0 Å². The molecule has 0 bridgehead atoms. The molecule has 8 heteroatoms. The molecular formula is C20H19NO6S. The van der Waals surface area contributed by atoms with Crippen LogP contribution in [-0.2, 0) is 19.4 Å². The van der Waals surface area contributed by atoms with Gasteiger partial charge in [-0.2, -0.15) is 0 Å². The molecule has 0 aromatic heterocycles. The van der Waals surface area contributed by atoms with Crippen molar-refractivity contribution in [2.45, 2.75) is 36.1 Å². The minimum absolute atomic E-state index is 0.000672. The molecule has 1 amide bonds. The van der Waals surface area contributed by atoms with Gasteiger partial charge in [0.15, 0.2) is 12.4 Å². The standard InChI is InChI=1S/C20H19NO6S/c1-20(2,3)21-17(22)11-27-19(24)12-8-9-14-16(10-12)28(25,26)15-7-5-4-6-13(15)18(14)23/h4-10H,11H2,1-3H3,(H,21,22). The number of carbonyl (C=O) groups excluding carboxylic acids is 3. The first-order chi connectivity index (χ1) is 13.0. The number of hydrogen-bond donors (Lipinski definition) is 1. The van der Waals surface area contributed by atoms with Crippen molar-refractivity contribution in [3.8, 4) is 0 Å². The maximum atomic E-state index is 12.9. The van der Waals surface area contributed by atoms with E-state index in [1.165, 1.54) is 30.3 Å². The van der Waals surface area contributed by atoms with Crippen LogP contribution in [0.2, 0.25) is 0 Å². The Morgan fingerprint density at radius 1 is 1.00 bits per heavy atom. The van der Waals surface area contributed by atoms with E-state index in [0.29, 0.717) is 0 Å². The molecule has 0 aliphatic carbocycles. The van der Waals surface area contributed by atoms with E-state index in [4.69, 9.17) is 4.74 Å². The number of fused-ring (bicyclic) bond motifs is 2. The Hall–Kier alpha value is -3.00. The zero-order valence-electron chi connectivity index (χ0n) is 15.6. The normalized spacial score (nSPS) is 14.6. The number of ketones is 1. The first-order valence-electron chi connectivity index (χ1n) is 8.52. The van der Waals surface area contributed by atoms with Crippen molar-refractivity contribution in [3.05, 3.63) is 59.2 Å². The van der Waals surface area contributed by atoms with Crippen LogP contribution in [0.25, 0.3) is 0 Å². The molecule has 1 aliphatic heterocycles. The topological polar surface area (TPSA) is 107 Å². The number of hydrogen-bond acceptors (Lipinski definition) is 6.